The third-order valence-electron chi connectivity index (χ3n) is 3.33. The lowest BCUT2D eigenvalue weighted by Gasteiger charge is -2.19. The Balaban J connectivity index is 1.90. The summed E-state index contributed by atoms with van der Waals surface area (Å²) >= 11 is 1.69. The van der Waals surface area contributed by atoms with E-state index in [0.29, 0.717) is 17.4 Å². The summed E-state index contributed by atoms with van der Waals surface area (Å²) < 4.78 is 22.8. The van der Waals surface area contributed by atoms with Crippen molar-refractivity contribution in [2.75, 3.05) is 25.1 Å². The normalized spacial score (nSPS) is 20.1. The SMILES string of the molecule is CNCCCc1csc(C2CCS(=O)(=O)CC2)n1. The Hall–Kier alpha value is -0.460. The number of rotatable bonds is 5. The van der Waals surface area contributed by atoms with Gasteiger partial charge in [0.25, 0.3) is 0 Å². The number of sulfone groups is 1. The number of hydrogen-bond acceptors (Lipinski definition) is 5. The Labute approximate surface area is 113 Å². The lowest BCUT2D eigenvalue weighted by atomic mass is 10.0. The number of thiazole rings is 1. The lowest BCUT2D eigenvalue weighted by Crippen LogP contribution is -2.22. The summed E-state index contributed by atoms with van der Waals surface area (Å²) in [5, 5.41) is 6.37. The predicted molar refractivity (Wildman–Crippen MR) is 75.0 cm³/mol. The molecule has 0 atom stereocenters. The quantitative estimate of drug-likeness (QED) is 0.836. The third-order valence-corrected chi connectivity index (χ3v) is 6.10. The van der Waals surface area contributed by atoms with Crippen LogP contribution in [0.5, 0.6) is 0 Å². The molecule has 2 rings (SSSR count). The van der Waals surface area contributed by atoms with Crippen LogP contribution in [0.1, 0.15) is 35.9 Å². The fourth-order valence-electron chi connectivity index (χ4n) is 2.21. The van der Waals surface area contributed by atoms with Gasteiger partial charge in [-0.25, -0.2) is 13.4 Å². The van der Waals surface area contributed by atoms with Gasteiger partial charge in [0.05, 0.1) is 22.2 Å². The molecule has 6 heteroatoms. The van der Waals surface area contributed by atoms with Crippen molar-refractivity contribution in [1.82, 2.24) is 10.3 Å². The van der Waals surface area contributed by atoms with Gasteiger partial charge in [0, 0.05) is 11.3 Å². The molecule has 2 heterocycles. The predicted octanol–water partition coefficient (Wildman–Crippen LogP) is 1.59. The van der Waals surface area contributed by atoms with Crippen molar-refractivity contribution in [3.05, 3.63) is 16.1 Å². The first-order valence-electron chi connectivity index (χ1n) is 6.40. The van der Waals surface area contributed by atoms with Crippen LogP contribution in [0.4, 0.5) is 0 Å². The van der Waals surface area contributed by atoms with Crippen LogP contribution in [0.25, 0.3) is 0 Å². The Bertz CT molecular complexity index is 468. The molecule has 18 heavy (non-hydrogen) atoms. The van der Waals surface area contributed by atoms with Crippen LogP contribution in [0.3, 0.4) is 0 Å². The molecule has 0 aromatic carbocycles. The molecule has 1 aliphatic rings. The number of aromatic nitrogens is 1. The van der Waals surface area contributed by atoms with Crippen LogP contribution in [0, 0.1) is 0 Å². The molecule has 0 saturated carbocycles. The van der Waals surface area contributed by atoms with Gasteiger partial charge >= 0.3 is 0 Å². The van der Waals surface area contributed by atoms with E-state index < -0.39 is 9.84 Å². The second-order valence-electron chi connectivity index (χ2n) is 4.81. The first-order chi connectivity index (χ1) is 8.61. The monoisotopic (exact) mass is 288 g/mol. The molecule has 0 radical (unpaired) electrons. The summed E-state index contributed by atoms with van der Waals surface area (Å²) in [4.78, 5) is 4.65. The molecule has 1 N–H and O–H groups in total. The molecule has 1 aromatic heterocycles. The molecule has 0 amide bonds. The number of nitrogens with one attached hydrogen (secondary N) is 1. The van der Waals surface area contributed by atoms with E-state index in [1.165, 1.54) is 0 Å². The van der Waals surface area contributed by atoms with Crippen LogP contribution in [0.2, 0.25) is 0 Å². The third kappa shape index (κ3) is 3.76. The maximum Gasteiger partial charge on any atom is 0.150 e. The molecule has 0 unspecified atom stereocenters. The highest BCUT2D eigenvalue weighted by Crippen LogP contribution is 2.31. The Morgan fingerprint density at radius 2 is 2.17 bits per heavy atom. The Morgan fingerprint density at radius 1 is 1.44 bits per heavy atom. The highest BCUT2D eigenvalue weighted by Gasteiger charge is 2.26. The van der Waals surface area contributed by atoms with E-state index in [0.717, 1.165) is 42.9 Å². The molecule has 0 bridgehead atoms. The highest BCUT2D eigenvalue weighted by molar-refractivity contribution is 7.91. The summed E-state index contributed by atoms with van der Waals surface area (Å²) in [5.74, 6) is 1.01. The molecule has 102 valence electrons. The van der Waals surface area contributed by atoms with Crippen molar-refractivity contribution >= 4 is 21.2 Å². The van der Waals surface area contributed by atoms with Gasteiger partial charge < -0.3 is 5.32 Å². The zero-order valence-electron chi connectivity index (χ0n) is 10.7. The molecule has 4 nitrogen and oxygen atoms in total. The maximum atomic E-state index is 11.4. The summed E-state index contributed by atoms with van der Waals surface area (Å²) in [6.45, 7) is 1.01. The van der Waals surface area contributed by atoms with Crippen molar-refractivity contribution < 1.29 is 8.42 Å². The average Bonchev–Trinajstić information content (AvgIpc) is 2.78. The Morgan fingerprint density at radius 3 is 2.83 bits per heavy atom. The van der Waals surface area contributed by atoms with Crippen molar-refractivity contribution in [2.45, 2.75) is 31.6 Å². The van der Waals surface area contributed by atoms with Gasteiger partial charge in [-0.1, -0.05) is 0 Å². The van der Waals surface area contributed by atoms with Gasteiger partial charge in [-0.2, -0.15) is 0 Å². The minimum Gasteiger partial charge on any atom is -0.320 e. The van der Waals surface area contributed by atoms with E-state index in [2.05, 4.69) is 15.7 Å². The van der Waals surface area contributed by atoms with Gasteiger partial charge in [0.2, 0.25) is 0 Å². The van der Waals surface area contributed by atoms with Gasteiger partial charge in [0.15, 0.2) is 0 Å². The number of nitrogens with zero attached hydrogens (tertiary/aromatic N) is 1. The molecule has 1 aromatic rings. The standard InChI is InChI=1S/C12H20N2O2S2/c1-13-6-2-3-11-9-17-12(14-11)10-4-7-18(15,16)8-5-10/h9-10,13H,2-8H2,1H3. The number of aryl methyl sites for hydroxylation is 1. The van der Waals surface area contributed by atoms with Gasteiger partial charge in [-0.3, -0.25) is 0 Å². The highest BCUT2D eigenvalue weighted by atomic mass is 32.2. The second-order valence-corrected chi connectivity index (χ2v) is 8.00. The molecule has 1 saturated heterocycles. The van der Waals surface area contributed by atoms with Crippen molar-refractivity contribution in [2.24, 2.45) is 0 Å². The van der Waals surface area contributed by atoms with Crippen LogP contribution >= 0.6 is 11.3 Å². The largest absolute Gasteiger partial charge is 0.320 e. The summed E-state index contributed by atoms with van der Waals surface area (Å²) in [6, 6.07) is 0. The lowest BCUT2D eigenvalue weighted by molar-refractivity contribution is 0.548. The fourth-order valence-corrected chi connectivity index (χ4v) is 4.73. The van der Waals surface area contributed by atoms with E-state index in [-0.39, 0.29) is 0 Å². The van der Waals surface area contributed by atoms with Gasteiger partial charge in [-0.15, -0.1) is 11.3 Å². The minimum absolute atomic E-state index is 0.326. The summed E-state index contributed by atoms with van der Waals surface area (Å²) in [7, 11) is -0.813. The molecule has 0 aliphatic carbocycles. The molecule has 1 aliphatic heterocycles. The summed E-state index contributed by atoms with van der Waals surface area (Å²) in [5.41, 5.74) is 1.15. The second kappa shape index (κ2) is 6.12. The van der Waals surface area contributed by atoms with Gasteiger partial charge in [-0.05, 0) is 39.3 Å². The van der Waals surface area contributed by atoms with E-state index in [4.69, 9.17) is 0 Å². The zero-order chi connectivity index (χ0) is 13.0. The average molecular weight is 288 g/mol. The van der Waals surface area contributed by atoms with Crippen LogP contribution in [-0.4, -0.2) is 38.5 Å². The maximum absolute atomic E-state index is 11.4. The van der Waals surface area contributed by atoms with Gasteiger partial charge in [0.1, 0.15) is 9.84 Å². The topological polar surface area (TPSA) is 59.1 Å². The molecular formula is C12H20N2O2S2. The van der Waals surface area contributed by atoms with Crippen LogP contribution in [-0.2, 0) is 16.3 Å². The van der Waals surface area contributed by atoms with Crippen molar-refractivity contribution in [3.8, 4) is 0 Å². The Kier molecular flexibility index (Phi) is 4.75. The van der Waals surface area contributed by atoms with E-state index in [9.17, 15) is 8.42 Å². The minimum atomic E-state index is -2.77. The number of hydrogen-bond donors (Lipinski definition) is 1. The van der Waals surface area contributed by atoms with E-state index in [1.54, 1.807) is 11.3 Å². The van der Waals surface area contributed by atoms with E-state index >= 15 is 0 Å². The zero-order valence-corrected chi connectivity index (χ0v) is 12.3. The van der Waals surface area contributed by atoms with E-state index in [1.807, 2.05) is 7.05 Å². The van der Waals surface area contributed by atoms with Crippen LogP contribution < -0.4 is 5.32 Å². The van der Waals surface area contributed by atoms with Crippen LogP contribution in [0.15, 0.2) is 5.38 Å². The first kappa shape index (κ1) is 14.0. The smallest absolute Gasteiger partial charge is 0.150 e. The van der Waals surface area contributed by atoms with Crippen molar-refractivity contribution in [3.63, 3.8) is 0 Å². The molecule has 1 fully saturated rings. The fraction of sp³-hybridized carbons (Fsp3) is 0.750. The first-order valence-corrected chi connectivity index (χ1v) is 9.10. The summed E-state index contributed by atoms with van der Waals surface area (Å²) in [6.07, 6.45) is 3.58. The molecule has 0 spiro atoms. The molecular weight excluding hydrogens is 268 g/mol. The van der Waals surface area contributed by atoms with Crippen molar-refractivity contribution in [1.29, 1.82) is 0 Å².